The van der Waals surface area contributed by atoms with E-state index in [1.165, 1.54) is 0 Å². The lowest BCUT2D eigenvalue weighted by Gasteiger charge is -2.39. The van der Waals surface area contributed by atoms with Crippen molar-refractivity contribution in [2.75, 3.05) is 6.61 Å². The lowest BCUT2D eigenvalue weighted by molar-refractivity contribution is -0.277. The van der Waals surface area contributed by atoms with Gasteiger partial charge in [-0.15, -0.1) is 0 Å². The van der Waals surface area contributed by atoms with Crippen LogP contribution in [0.2, 0.25) is 0 Å². The summed E-state index contributed by atoms with van der Waals surface area (Å²) in [6, 6.07) is 1.14. The second kappa shape index (κ2) is 5.90. The van der Waals surface area contributed by atoms with Crippen LogP contribution in [0.5, 0.6) is 5.75 Å². The van der Waals surface area contributed by atoms with E-state index in [9.17, 15) is 20.1 Å². The van der Waals surface area contributed by atoms with Crippen molar-refractivity contribution in [3.05, 3.63) is 18.1 Å². The summed E-state index contributed by atoms with van der Waals surface area (Å²) in [6.07, 6.45) is -6.67. The van der Waals surface area contributed by atoms with Crippen molar-refractivity contribution >= 4 is 5.78 Å². The van der Waals surface area contributed by atoms with E-state index in [0.717, 1.165) is 12.3 Å². The SMILES string of the molecule is [2H]C([2H])([2H])C(=O)c1occc1O[C@H]1O[C@H](CO)[C@@H](O)[C@H](O)[C@H]1O. The van der Waals surface area contributed by atoms with Gasteiger partial charge in [-0.2, -0.15) is 0 Å². The number of aliphatic hydroxyl groups excluding tert-OH is 4. The number of aliphatic hydroxyl groups is 4. The van der Waals surface area contributed by atoms with Crippen molar-refractivity contribution in [1.29, 1.82) is 0 Å². The topological polar surface area (TPSA) is 130 Å². The average molecular weight is 291 g/mol. The maximum Gasteiger partial charge on any atom is 0.229 e. The highest BCUT2D eigenvalue weighted by atomic mass is 16.7. The van der Waals surface area contributed by atoms with Gasteiger partial charge in [0.15, 0.2) is 11.5 Å². The molecule has 112 valence electrons. The second-order valence-electron chi connectivity index (χ2n) is 4.26. The minimum atomic E-state index is -2.95. The van der Waals surface area contributed by atoms with Gasteiger partial charge in [-0.05, 0) is 0 Å². The lowest BCUT2D eigenvalue weighted by atomic mass is 9.99. The fourth-order valence-corrected chi connectivity index (χ4v) is 1.85. The average Bonchev–Trinajstić information content (AvgIpc) is 2.94. The van der Waals surface area contributed by atoms with Crippen LogP contribution in [0.4, 0.5) is 0 Å². The van der Waals surface area contributed by atoms with Crippen LogP contribution in [-0.2, 0) is 4.74 Å². The molecule has 1 saturated heterocycles. The van der Waals surface area contributed by atoms with Crippen LogP contribution >= 0.6 is 0 Å². The van der Waals surface area contributed by atoms with Crippen molar-refractivity contribution in [2.45, 2.75) is 37.6 Å². The fourth-order valence-electron chi connectivity index (χ4n) is 1.85. The predicted molar refractivity (Wildman–Crippen MR) is 63.1 cm³/mol. The van der Waals surface area contributed by atoms with E-state index in [0.29, 0.717) is 0 Å². The third-order valence-electron chi connectivity index (χ3n) is 2.93. The third kappa shape index (κ3) is 2.69. The van der Waals surface area contributed by atoms with Crippen LogP contribution in [0.25, 0.3) is 0 Å². The predicted octanol–water partition coefficient (Wildman–Crippen LogP) is -1.34. The second-order valence-corrected chi connectivity index (χ2v) is 4.26. The van der Waals surface area contributed by atoms with E-state index in [1.54, 1.807) is 0 Å². The molecule has 0 spiro atoms. The Morgan fingerprint density at radius 3 is 2.80 bits per heavy atom. The van der Waals surface area contributed by atoms with Gasteiger partial charge in [0.25, 0.3) is 0 Å². The zero-order valence-corrected chi connectivity index (χ0v) is 10.2. The molecule has 4 N–H and O–H groups in total. The summed E-state index contributed by atoms with van der Waals surface area (Å²) < 4.78 is 36.3. The first-order valence-electron chi connectivity index (χ1n) is 7.26. The van der Waals surface area contributed by atoms with E-state index < -0.39 is 55.7 Å². The first kappa shape index (κ1) is 11.2. The Kier molecular flexibility index (Phi) is 3.31. The first-order valence-corrected chi connectivity index (χ1v) is 5.76. The van der Waals surface area contributed by atoms with Crippen molar-refractivity contribution in [3.63, 3.8) is 0 Å². The van der Waals surface area contributed by atoms with Crippen molar-refractivity contribution in [2.24, 2.45) is 0 Å². The van der Waals surface area contributed by atoms with Crippen molar-refractivity contribution < 1.29 is 43.2 Å². The van der Waals surface area contributed by atoms with Gasteiger partial charge in [0.2, 0.25) is 12.1 Å². The Morgan fingerprint density at radius 1 is 1.40 bits per heavy atom. The molecule has 0 radical (unpaired) electrons. The summed E-state index contributed by atoms with van der Waals surface area (Å²) in [4.78, 5) is 11.7. The summed E-state index contributed by atoms with van der Waals surface area (Å²) in [6.45, 7) is -3.61. The van der Waals surface area contributed by atoms with Gasteiger partial charge in [0.1, 0.15) is 24.4 Å². The normalized spacial score (nSPS) is 36.8. The van der Waals surface area contributed by atoms with Crippen molar-refractivity contribution in [3.8, 4) is 5.75 Å². The Bertz CT molecular complexity index is 555. The maximum absolute atomic E-state index is 11.7. The molecular formula is C12H16O8. The smallest absolute Gasteiger partial charge is 0.229 e. The highest BCUT2D eigenvalue weighted by Gasteiger charge is 2.45. The van der Waals surface area contributed by atoms with Crippen LogP contribution in [0.3, 0.4) is 0 Å². The highest BCUT2D eigenvalue weighted by molar-refractivity contribution is 5.93. The van der Waals surface area contributed by atoms with Gasteiger partial charge in [-0.1, -0.05) is 0 Å². The monoisotopic (exact) mass is 291 g/mol. The largest absolute Gasteiger partial charge is 0.458 e. The van der Waals surface area contributed by atoms with E-state index in [2.05, 4.69) is 0 Å². The molecule has 0 saturated carbocycles. The third-order valence-corrected chi connectivity index (χ3v) is 2.93. The van der Waals surface area contributed by atoms with Gasteiger partial charge in [-0.25, -0.2) is 0 Å². The van der Waals surface area contributed by atoms with Crippen LogP contribution < -0.4 is 4.74 Å². The van der Waals surface area contributed by atoms with Gasteiger partial charge < -0.3 is 34.3 Å². The molecule has 1 aromatic rings. The zero-order valence-electron chi connectivity index (χ0n) is 13.2. The summed E-state index contributed by atoms with van der Waals surface area (Å²) in [5.74, 6) is -2.21. The molecule has 2 rings (SSSR count). The maximum atomic E-state index is 11.7. The van der Waals surface area contributed by atoms with Gasteiger partial charge in [0.05, 0.1) is 12.9 Å². The number of rotatable bonds is 4. The molecular weight excluding hydrogens is 272 g/mol. The molecule has 1 aliphatic rings. The number of carbonyl (C=O) groups is 1. The molecule has 8 nitrogen and oxygen atoms in total. The Labute approximate surface area is 118 Å². The molecule has 0 aromatic carbocycles. The van der Waals surface area contributed by atoms with Crippen LogP contribution in [0.1, 0.15) is 21.5 Å². The number of Topliss-reactive ketones (excluding diaryl/α,β-unsaturated/α-hetero) is 1. The highest BCUT2D eigenvalue weighted by Crippen LogP contribution is 2.27. The zero-order chi connectivity index (χ0) is 17.4. The van der Waals surface area contributed by atoms with E-state index in [4.69, 9.17) is 23.1 Å². The molecule has 0 aliphatic carbocycles. The molecule has 1 aliphatic heterocycles. The fraction of sp³-hybridized carbons (Fsp3) is 0.583. The summed E-state index contributed by atoms with van der Waals surface area (Å²) in [5.41, 5.74) is 0. The minimum Gasteiger partial charge on any atom is -0.458 e. The molecule has 0 bridgehead atoms. The lowest BCUT2D eigenvalue weighted by Crippen LogP contribution is -2.60. The standard InChI is InChI=1S/C12H16O8/c1-5(14)11-6(2-3-18-11)19-12-10(17)9(16)8(15)7(4-13)20-12/h2-3,7-10,12-13,15-17H,4H2,1H3/t7-,8-,9+,10-,12+/m1/s1/i1D3. The van der Waals surface area contributed by atoms with E-state index >= 15 is 0 Å². The number of furan rings is 1. The molecule has 20 heavy (non-hydrogen) atoms. The molecule has 8 heteroatoms. The number of hydrogen-bond donors (Lipinski definition) is 4. The quantitative estimate of drug-likeness (QED) is 0.502. The number of carbonyl (C=O) groups excluding carboxylic acids is 1. The molecule has 0 amide bonds. The Hall–Kier alpha value is -1.45. The molecule has 2 heterocycles. The van der Waals surface area contributed by atoms with Crippen LogP contribution in [0, 0.1) is 0 Å². The number of hydrogen-bond acceptors (Lipinski definition) is 8. The molecule has 0 unspecified atom stereocenters. The van der Waals surface area contributed by atoms with E-state index in [-0.39, 0.29) is 5.75 Å². The van der Waals surface area contributed by atoms with E-state index in [1.807, 2.05) is 0 Å². The van der Waals surface area contributed by atoms with Crippen LogP contribution in [-0.4, -0.2) is 63.5 Å². The van der Waals surface area contributed by atoms with Gasteiger partial charge >= 0.3 is 0 Å². The summed E-state index contributed by atoms with van der Waals surface area (Å²) in [5, 5.41) is 38.2. The van der Waals surface area contributed by atoms with Gasteiger partial charge in [0, 0.05) is 17.0 Å². The van der Waals surface area contributed by atoms with Gasteiger partial charge in [-0.3, -0.25) is 4.79 Å². The number of ether oxygens (including phenoxy) is 2. The summed E-state index contributed by atoms with van der Waals surface area (Å²) in [7, 11) is 0. The van der Waals surface area contributed by atoms with Crippen LogP contribution in [0.15, 0.2) is 16.7 Å². The molecule has 1 fully saturated rings. The Morgan fingerprint density at radius 2 is 2.15 bits per heavy atom. The Balaban J connectivity index is 2.19. The first-order chi connectivity index (χ1) is 10.7. The molecule has 5 atom stereocenters. The number of ketones is 1. The minimum absolute atomic E-state index is 0.310. The van der Waals surface area contributed by atoms with Crippen molar-refractivity contribution in [1.82, 2.24) is 0 Å². The summed E-state index contributed by atoms with van der Waals surface area (Å²) >= 11 is 0. The molecule has 1 aromatic heterocycles.